The zero-order valence-electron chi connectivity index (χ0n) is 16.6. The van der Waals surface area contributed by atoms with E-state index in [1.54, 1.807) is 18.9 Å². The van der Waals surface area contributed by atoms with Crippen molar-refractivity contribution in [1.29, 1.82) is 0 Å². The molecule has 8 heteroatoms. The zero-order chi connectivity index (χ0) is 20.3. The van der Waals surface area contributed by atoms with Crippen molar-refractivity contribution in [1.82, 2.24) is 9.62 Å². The van der Waals surface area contributed by atoms with Crippen LogP contribution in [0.4, 0.5) is 5.69 Å². The van der Waals surface area contributed by atoms with Crippen LogP contribution >= 0.6 is 0 Å². The van der Waals surface area contributed by atoms with E-state index in [0.29, 0.717) is 26.1 Å². The molecule has 1 saturated heterocycles. The lowest BCUT2D eigenvalue weighted by Crippen LogP contribution is -2.35. The lowest BCUT2D eigenvalue weighted by molar-refractivity contribution is -0.126. The number of sulfonamides is 1. The molecule has 0 spiro atoms. The molecule has 1 aromatic rings. The van der Waals surface area contributed by atoms with Gasteiger partial charge in [0.2, 0.25) is 21.8 Å². The summed E-state index contributed by atoms with van der Waals surface area (Å²) in [5.41, 5.74) is 3.55. The van der Waals surface area contributed by atoms with Gasteiger partial charge in [0.25, 0.3) is 0 Å². The number of benzene rings is 1. The second-order valence-corrected chi connectivity index (χ2v) is 9.94. The molecule has 1 fully saturated rings. The van der Waals surface area contributed by atoms with Crippen LogP contribution in [0.5, 0.6) is 0 Å². The third-order valence-electron chi connectivity index (χ3n) is 5.68. The van der Waals surface area contributed by atoms with Gasteiger partial charge in [-0.25, -0.2) is 12.7 Å². The second-order valence-electron chi connectivity index (χ2n) is 7.58. The number of rotatable bonds is 8. The van der Waals surface area contributed by atoms with Crippen molar-refractivity contribution in [2.24, 2.45) is 5.92 Å². The molecular formula is C20H29N3O4S. The molecule has 0 radical (unpaired) electrons. The highest BCUT2D eigenvalue weighted by molar-refractivity contribution is 7.89. The van der Waals surface area contributed by atoms with E-state index in [2.05, 4.69) is 17.4 Å². The van der Waals surface area contributed by atoms with E-state index < -0.39 is 10.0 Å². The van der Waals surface area contributed by atoms with Gasteiger partial charge in [-0.2, -0.15) is 0 Å². The van der Waals surface area contributed by atoms with Crippen molar-refractivity contribution in [3.05, 3.63) is 29.3 Å². The van der Waals surface area contributed by atoms with Crippen LogP contribution in [0.1, 0.15) is 37.3 Å². The summed E-state index contributed by atoms with van der Waals surface area (Å²) in [6, 6.07) is 6.16. The van der Waals surface area contributed by atoms with Crippen molar-refractivity contribution in [3.63, 3.8) is 0 Å². The molecule has 1 heterocycles. The Morgan fingerprint density at radius 1 is 1.29 bits per heavy atom. The first kappa shape index (κ1) is 20.8. The summed E-state index contributed by atoms with van der Waals surface area (Å²) in [4.78, 5) is 26.6. The lowest BCUT2D eigenvalue weighted by Gasteiger charge is -2.18. The van der Waals surface area contributed by atoms with Crippen LogP contribution in [0, 0.1) is 5.92 Å². The molecule has 0 bridgehead atoms. The Hall–Kier alpha value is -1.93. The average Bonchev–Trinajstić information content (AvgIpc) is 3.30. The number of nitrogens with one attached hydrogen (secondary N) is 1. The minimum Gasteiger partial charge on any atom is -0.356 e. The van der Waals surface area contributed by atoms with Crippen LogP contribution in [0.3, 0.4) is 0 Å². The van der Waals surface area contributed by atoms with Gasteiger partial charge in [0, 0.05) is 38.8 Å². The number of aryl methyl sites for hydroxylation is 2. The Morgan fingerprint density at radius 3 is 2.79 bits per heavy atom. The van der Waals surface area contributed by atoms with Crippen LogP contribution in [0.2, 0.25) is 0 Å². The Balaban J connectivity index is 1.49. The predicted octanol–water partition coefficient (Wildman–Crippen LogP) is 1.32. The monoisotopic (exact) mass is 407 g/mol. The zero-order valence-corrected chi connectivity index (χ0v) is 17.4. The molecule has 1 aliphatic heterocycles. The highest BCUT2D eigenvalue weighted by Crippen LogP contribution is 2.30. The standard InChI is InChI=1S/C20H29N3O4S/c1-3-28(26,27)22(2)11-5-10-21-20(25)17-13-19(24)23(14-17)18-9-8-15-6-4-7-16(15)12-18/h8-9,12,17H,3-7,10-11,13-14H2,1-2H3,(H,21,25). The van der Waals surface area contributed by atoms with Crippen LogP contribution in [0.25, 0.3) is 0 Å². The number of hydrogen-bond acceptors (Lipinski definition) is 4. The number of carbonyl (C=O) groups is 2. The Bertz CT molecular complexity index is 853. The third kappa shape index (κ3) is 4.55. The van der Waals surface area contributed by atoms with Crippen LogP contribution < -0.4 is 10.2 Å². The number of fused-ring (bicyclic) bond motifs is 1. The first-order valence-electron chi connectivity index (χ1n) is 9.95. The second kappa shape index (κ2) is 8.61. The first-order valence-corrected chi connectivity index (χ1v) is 11.6. The van der Waals surface area contributed by atoms with Crippen LogP contribution in [-0.4, -0.2) is 57.0 Å². The lowest BCUT2D eigenvalue weighted by atomic mass is 10.1. The van der Waals surface area contributed by atoms with E-state index in [4.69, 9.17) is 0 Å². The molecule has 3 rings (SSSR count). The minimum absolute atomic E-state index is 0.0214. The van der Waals surface area contributed by atoms with Crippen molar-refractivity contribution in [2.75, 3.05) is 37.3 Å². The van der Waals surface area contributed by atoms with Gasteiger partial charge in [0.05, 0.1) is 11.7 Å². The van der Waals surface area contributed by atoms with Gasteiger partial charge in [-0.1, -0.05) is 6.07 Å². The van der Waals surface area contributed by atoms with Crippen molar-refractivity contribution >= 4 is 27.5 Å². The third-order valence-corrected chi connectivity index (χ3v) is 7.54. The van der Waals surface area contributed by atoms with Gasteiger partial charge in [-0.15, -0.1) is 0 Å². The summed E-state index contributed by atoms with van der Waals surface area (Å²) >= 11 is 0. The number of anilines is 1. The highest BCUT2D eigenvalue weighted by atomic mass is 32.2. The minimum atomic E-state index is -3.19. The van der Waals surface area contributed by atoms with Crippen LogP contribution in [0.15, 0.2) is 18.2 Å². The molecule has 1 aliphatic carbocycles. The number of hydrogen-bond donors (Lipinski definition) is 1. The van der Waals surface area contributed by atoms with Gasteiger partial charge in [-0.05, 0) is 55.9 Å². The molecule has 154 valence electrons. The highest BCUT2D eigenvalue weighted by Gasteiger charge is 2.35. The molecule has 7 nitrogen and oxygen atoms in total. The summed E-state index contributed by atoms with van der Waals surface area (Å²) in [7, 11) is -1.65. The fraction of sp³-hybridized carbons (Fsp3) is 0.600. The molecule has 1 unspecified atom stereocenters. The van der Waals surface area contributed by atoms with E-state index in [1.165, 1.54) is 15.4 Å². The van der Waals surface area contributed by atoms with Crippen LogP contribution in [-0.2, 0) is 32.5 Å². The quantitative estimate of drug-likeness (QED) is 0.659. The number of carbonyl (C=O) groups excluding carboxylic acids is 2. The predicted molar refractivity (Wildman–Crippen MR) is 109 cm³/mol. The summed E-state index contributed by atoms with van der Waals surface area (Å²) in [6.07, 6.45) is 4.07. The average molecular weight is 408 g/mol. The Kier molecular flexibility index (Phi) is 6.40. The maximum Gasteiger partial charge on any atom is 0.227 e. The number of nitrogens with zero attached hydrogens (tertiary/aromatic N) is 2. The fourth-order valence-corrected chi connectivity index (χ4v) is 4.72. The molecule has 0 aromatic heterocycles. The van der Waals surface area contributed by atoms with Crippen molar-refractivity contribution in [2.45, 2.75) is 39.0 Å². The molecular weight excluding hydrogens is 378 g/mol. The van der Waals surface area contributed by atoms with Crippen molar-refractivity contribution < 1.29 is 18.0 Å². The summed E-state index contributed by atoms with van der Waals surface area (Å²) < 4.78 is 24.7. The van der Waals surface area contributed by atoms with E-state index in [1.807, 2.05) is 6.07 Å². The Labute approximate surface area is 167 Å². The van der Waals surface area contributed by atoms with Gasteiger partial charge in [0.15, 0.2) is 0 Å². The maximum absolute atomic E-state index is 12.4. The topological polar surface area (TPSA) is 86.8 Å². The summed E-state index contributed by atoms with van der Waals surface area (Å²) in [5.74, 6) is -0.457. The van der Waals surface area contributed by atoms with E-state index in [9.17, 15) is 18.0 Å². The number of amides is 2. The van der Waals surface area contributed by atoms with Gasteiger partial charge in [0.1, 0.15) is 0 Å². The Morgan fingerprint density at radius 2 is 2.04 bits per heavy atom. The fourth-order valence-electron chi connectivity index (χ4n) is 3.88. The largest absolute Gasteiger partial charge is 0.356 e. The smallest absolute Gasteiger partial charge is 0.227 e. The van der Waals surface area contributed by atoms with Gasteiger partial charge < -0.3 is 10.2 Å². The normalized spacial score (nSPS) is 19.3. The van der Waals surface area contributed by atoms with E-state index >= 15 is 0 Å². The molecule has 1 atom stereocenters. The molecule has 1 N–H and O–H groups in total. The van der Waals surface area contributed by atoms with E-state index in [0.717, 1.165) is 24.9 Å². The summed E-state index contributed by atoms with van der Waals surface area (Å²) in [5, 5.41) is 2.84. The van der Waals surface area contributed by atoms with Crippen molar-refractivity contribution in [3.8, 4) is 0 Å². The van der Waals surface area contributed by atoms with E-state index in [-0.39, 0.29) is 29.9 Å². The SMILES string of the molecule is CCS(=O)(=O)N(C)CCCNC(=O)C1CC(=O)N(c2ccc3c(c2)CCC3)C1. The summed E-state index contributed by atoms with van der Waals surface area (Å²) in [6.45, 7) is 2.76. The van der Waals surface area contributed by atoms with Gasteiger partial charge >= 0.3 is 0 Å². The van der Waals surface area contributed by atoms with Gasteiger partial charge in [-0.3, -0.25) is 9.59 Å². The molecule has 0 saturated carbocycles. The molecule has 2 aliphatic rings. The molecule has 1 aromatic carbocycles. The maximum atomic E-state index is 12.4. The molecule has 28 heavy (non-hydrogen) atoms. The molecule has 2 amide bonds. The first-order chi connectivity index (χ1) is 13.3.